The zero-order valence-corrected chi connectivity index (χ0v) is 13.3. The number of carbonyl (C=O) groups is 1. The second-order valence-corrected chi connectivity index (χ2v) is 7.37. The number of halogens is 1. The predicted octanol–water partition coefficient (Wildman–Crippen LogP) is 1.90. The fourth-order valence-electron chi connectivity index (χ4n) is 1.78. The maximum Gasteiger partial charge on any atom is 0.237 e. The normalized spacial score (nSPS) is 11.5. The Kier molecular flexibility index (Phi) is 6.14. The topological polar surface area (TPSA) is 66.5 Å². The fraction of sp³-hybridized carbons (Fsp3) is 0.500. The number of anilines is 1. The summed E-state index contributed by atoms with van der Waals surface area (Å²) in [5.41, 5.74) is 0.0361. The minimum Gasteiger partial charge on any atom is -0.356 e. The Balaban J connectivity index is 2.97. The lowest BCUT2D eigenvalue weighted by atomic mass is 10.3. The highest BCUT2D eigenvalue weighted by molar-refractivity contribution is 7.93. The molecule has 7 heteroatoms. The third-order valence-corrected chi connectivity index (χ3v) is 5.12. The van der Waals surface area contributed by atoms with Gasteiger partial charge < -0.3 is 5.32 Å². The van der Waals surface area contributed by atoms with Crippen molar-refractivity contribution in [3.8, 4) is 0 Å². The van der Waals surface area contributed by atoms with Crippen LogP contribution in [0.3, 0.4) is 0 Å². The molecule has 5 nitrogen and oxygen atoms in total. The molecule has 118 valence electrons. The molecule has 21 heavy (non-hydrogen) atoms. The van der Waals surface area contributed by atoms with Crippen LogP contribution in [0.1, 0.15) is 27.2 Å². The molecule has 1 aromatic carbocycles. The van der Waals surface area contributed by atoms with Gasteiger partial charge in [0, 0.05) is 20.0 Å². The lowest BCUT2D eigenvalue weighted by molar-refractivity contribution is -0.118. The lowest BCUT2D eigenvalue weighted by Gasteiger charge is -2.26. The van der Waals surface area contributed by atoms with Gasteiger partial charge in [-0.2, -0.15) is 0 Å². The summed E-state index contributed by atoms with van der Waals surface area (Å²) in [5.74, 6) is -0.764. The second kappa shape index (κ2) is 7.40. The van der Waals surface area contributed by atoms with E-state index in [-0.39, 0.29) is 18.1 Å². The van der Waals surface area contributed by atoms with Gasteiger partial charge in [-0.1, -0.05) is 12.1 Å². The zero-order valence-electron chi connectivity index (χ0n) is 12.5. The van der Waals surface area contributed by atoms with Crippen LogP contribution in [0.5, 0.6) is 0 Å². The Morgan fingerprint density at radius 2 is 1.95 bits per heavy atom. The molecule has 1 N–H and O–H groups in total. The number of amides is 1. The number of carbonyl (C=O) groups excluding carboxylic acids is 1. The van der Waals surface area contributed by atoms with Crippen LogP contribution in [0.2, 0.25) is 0 Å². The van der Waals surface area contributed by atoms with E-state index in [2.05, 4.69) is 5.32 Å². The van der Waals surface area contributed by atoms with Crippen LogP contribution < -0.4 is 9.62 Å². The van der Waals surface area contributed by atoms with Gasteiger partial charge in [-0.15, -0.1) is 0 Å². The largest absolute Gasteiger partial charge is 0.356 e. The van der Waals surface area contributed by atoms with Crippen molar-refractivity contribution in [3.63, 3.8) is 0 Å². The minimum absolute atomic E-state index is 0.0361. The molecule has 0 aliphatic carbocycles. The summed E-state index contributed by atoms with van der Waals surface area (Å²) in [7, 11) is -3.63. The van der Waals surface area contributed by atoms with Crippen molar-refractivity contribution in [2.45, 2.75) is 32.4 Å². The van der Waals surface area contributed by atoms with E-state index in [1.807, 2.05) is 0 Å². The molecule has 0 radical (unpaired) electrons. The summed E-state index contributed by atoms with van der Waals surface area (Å²) < 4.78 is 39.7. The van der Waals surface area contributed by atoms with E-state index < -0.39 is 21.1 Å². The van der Waals surface area contributed by atoms with Crippen LogP contribution >= 0.6 is 0 Å². The number of rotatable bonds is 7. The van der Waals surface area contributed by atoms with Crippen molar-refractivity contribution < 1.29 is 17.6 Å². The number of hydrogen-bond acceptors (Lipinski definition) is 3. The molecular formula is C14H21FN2O3S. The van der Waals surface area contributed by atoms with Crippen molar-refractivity contribution in [1.29, 1.82) is 0 Å². The molecule has 0 aliphatic rings. The van der Waals surface area contributed by atoms with E-state index in [0.29, 0.717) is 13.0 Å². The molecule has 0 saturated heterocycles. The van der Waals surface area contributed by atoms with Crippen LogP contribution in [0.4, 0.5) is 10.1 Å². The molecule has 1 rings (SSSR count). The monoisotopic (exact) mass is 316 g/mol. The maximum atomic E-state index is 13.9. The Bertz CT molecular complexity index is 588. The summed E-state index contributed by atoms with van der Waals surface area (Å²) in [6.45, 7) is 4.95. The third-order valence-electron chi connectivity index (χ3n) is 2.94. The Morgan fingerprint density at radius 3 is 2.48 bits per heavy atom. The Hall–Kier alpha value is -1.63. The molecule has 0 heterocycles. The van der Waals surface area contributed by atoms with Crippen LogP contribution in [0.25, 0.3) is 0 Å². The SMILES string of the molecule is CC(=O)NCCCN(c1ccccc1F)S(=O)(=O)C(C)C. The molecular weight excluding hydrogens is 295 g/mol. The van der Waals surface area contributed by atoms with Crippen LogP contribution in [0.15, 0.2) is 24.3 Å². The van der Waals surface area contributed by atoms with Gasteiger partial charge in [-0.25, -0.2) is 12.8 Å². The molecule has 1 amide bonds. The molecule has 0 fully saturated rings. The highest BCUT2D eigenvalue weighted by atomic mass is 32.2. The van der Waals surface area contributed by atoms with E-state index in [9.17, 15) is 17.6 Å². The highest BCUT2D eigenvalue weighted by Gasteiger charge is 2.27. The first-order valence-electron chi connectivity index (χ1n) is 6.77. The van der Waals surface area contributed by atoms with E-state index in [4.69, 9.17) is 0 Å². The van der Waals surface area contributed by atoms with Crippen LogP contribution in [-0.4, -0.2) is 32.7 Å². The van der Waals surface area contributed by atoms with Crippen molar-refractivity contribution in [1.82, 2.24) is 5.32 Å². The quantitative estimate of drug-likeness (QED) is 0.781. The average Bonchev–Trinajstić information content (AvgIpc) is 2.39. The van der Waals surface area contributed by atoms with Gasteiger partial charge in [0.25, 0.3) is 0 Å². The molecule has 0 unspecified atom stereocenters. The molecule has 0 saturated carbocycles. The number of hydrogen-bond donors (Lipinski definition) is 1. The number of sulfonamides is 1. The number of nitrogens with zero attached hydrogens (tertiary/aromatic N) is 1. The number of benzene rings is 1. The first-order valence-corrected chi connectivity index (χ1v) is 8.27. The summed E-state index contributed by atoms with van der Waals surface area (Å²) in [6.07, 6.45) is 0.403. The van der Waals surface area contributed by atoms with Crippen molar-refractivity contribution in [2.75, 3.05) is 17.4 Å². The first-order chi connectivity index (χ1) is 9.76. The van der Waals surface area contributed by atoms with Gasteiger partial charge in [-0.3, -0.25) is 9.10 Å². The van der Waals surface area contributed by atoms with E-state index >= 15 is 0 Å². The molecule has 0 bridgehead atoms. The van der Waals surface area contributed by atoms with Crippen molar-refractivity contribution in [3.05, 3.63) is 30.1 Å². The van der Waals surface area contributed by atoms with Crippen LogP contribution in [-0.2, 0) is 14.8 Å². The van der Waals surface area contributed by atoms with Gasteiger partial charge in [-0.05, 0) is 32.4 Å². The summed E-state index contributed by atoms with van der Waals surface area (Å²) in [6, 6.07) is 5.77. The number of para-hydroxylation sites is 1. The van der Waals surface area contributed by atoms with E-state index in [1.165, 1.54) is 25.1 Å². The first kappa shape index (κ1) is 17.4. The standard InChI is InChI=1S/C14H21FN2O3S/c1-11(2)21(19,20)17(10-6-9-16-12(3)18)14-8-5-4-7-13(14)15/h4-5,7-8,11H,6,9-10H2,1-3H3,(H,16,18). The van der Waals surface area contributed by atoms with Crippen molar-refractivity contribution in [2.24, 2.45) is 0 Å². The fourth-order valence-corrected chi connectivity index (χ4v) is 3.10. The van der Waals surface area contributed by atoms with Gasteiger partial charge in [0.05, 0.1) is 10.9 Å². The summed E-state index contributed by atoms with van der Waals surface area (Å²) in [5, 5.41) is 1.94. The van der Waals surface area contributed by atoms with Gasteiger partial charge in [0.1, 0.15) is 5.82 Å². The van der Waals surface area contributed by atoms with E-state index in [0.717, 1.165) is 4.31 Å². The second-order valence-electron chi connectivity index (χ2n) is 4.95. The smallest absolute Gasteiger partial charge is 0.237 e. The van der Waals surface area contributed by atoms with E-state index in [1.54, 1.807) is 19.9 Å². The number of nitrogens with one attached hydrogen (secondary N) is 1. The predicted molar refractivity (Wildman–Crippen MR) is 81.1 cm³/mol. The molecule has 0 spiro atoms. The van der Waals surface area contributed by atoms with Crippen LogP contribution in [0, 0.1) is 5.82 Å². The van der Waals surface area contributed by atoms with Crippen molar-refractivity contribution >= 4 is 21.6 Å². The molecule has 0 atom stereocenters. The summed E-state index contributed by atoms with van der Waals surface area (Å²) in [4.78, 5) is 10.8. The van der Waals surface area contributed by atoms with Gasteiger partial charge in [0.2, 0.25) is 15.9 Å². The molecule has 0 aromatic heterocycles. The van der Waals surface area contributed by atoms with Gasteiger partial charge >= 0.3 is 0 Å². The summed E-state index contributed by atoms with van der Waals surface area (Å²) >= 11 is 0. The highest BCUT2D eigenvalue weighted by Crippen LogP contribution is 2.24. The molecule has 0 aliphatic heterocycles. The Morgan fingerprint density at radius 1 is 1.33 bits per heavy atom. The average molecular weight is 316 g/mol. The molecule has 1 aromatic rings. The maximum absolute atomic E-state index is 13.9. The zero-order chi connectivity index (χ0) is 16.0. The lowest BCUT2D eigenvalue weighted by Crippen LogP contribution is -2.39. The third kappa shape index (κ3) is 4.70. The minimum atomic E-state index is -3.63. The van der Waals surface area contributed by atoms with Gasteiger partial charge in [0.15, 0.2) is 0 Å². The Labute approximate surface area is 125 Å².